The van der Waals surface area contributed by atoms with Crippen molar-refractivity contribution < 1.29 is 10.0 Å². The van der Waals surface area contributed by atoms with Gasteiger partial charge in [-0.3, -0.25) is 10.1 Å². The fourth-order valence-corrected chi connectivity index (χ4v) is 1.70. The smallest absolute Gasteiger partial charge is 0.277 e. The van der Waals surface area contributed by atoms with Gasteiger partial charge in [-0.2, -0.15) is 0 Å². The van der Waals surface area contributed by atoms with E-state index in [1.54, 1.807) is 6.08 Å². The van der Waals surface area contributed by atoms with E-state index in [4.69, 9.17) is 17.3 Å². The summed E-state index contributed by atoms with van der Waals surface area (Å²) in [5.41, 5.74) is 5.67. The number of hydrogen-bond acceptors (Lipinski definition) is 4. The molecule has 0 spiro atoms. The monoisotopic (exact) mass is 256 g/mol. The Kier molecular flexibility index (Phi) is 4.48. The Morgan fingerprint density at radius 2 is 2.29 bits per heavy atom. The van der Waals surface area contributed by atoms with Gasteiger partial charge in [0.05, 0.1) is 15.5 Å². The summed E-state index contributed by atoms with van der Waals surface area (Å²) in [5, 5.41) is 20.6. The normalized spacial score (nSPS) is 12.1. The van der Waals surface area contributed by atoms with E-state index in [2.05, 4.69) is 6.58 Å². The van der Waals surface area contributed by atoms with E-state index in [9.17, 15) is 15.2 Å². The lowest BCUT2D eigenvalue weighted by atomic mass is 10.00. The maximum atomic E-state index is 10.8. The topological polar surface area (TPSA) is 89.4 Å². The lowest BCUT2D eigenvalue weighted by molar-refractivity contribution is -0.385. The van der Waals surface area contributed by atoms with Crippen molar-refractivity contribution in [2.24, 2.45) is 5.73 Å². The average Bonchev–Trinajstić information content (AvgIpc) is 2.28. The first-order chi connectivity index (χ1) is 7.99. The molecule has 17 heavy (non-hydrogen) atoms. The number of rotatable bonds is 5. The van der Waals surface area contributed by atoms with Gasteiger partial charge in [-0.05, 0) is 18.9 Å². The lowest BCUT2D eigenvalue weighted by Crippen LogP contribution is -2.12. The molecular weight excluding hydrogens is 244 g/mol. The van der Waals surface area contributed by atoms with Crippen LogP contribution in [0.5, 0.6) is 5.75 Å². The van der Waals surface area contributed by atoms with E-state index < -0.39 is 11.0 Å². The summed E-state index contributed by atoms with van der Waals surface area (Å²) in [6, 6.07) is 1.87. The third kappa shape index (κ3) is 2.95. The van der Waals surface area contributed by atoms with E-state index in [0.29, 0.717) is 12.8 Å². The molecule has 0 bridgehead atoms. The molecule has 0 aliphatic heterocycles. The Morgan fingerprint density at radius 3 is 2.82 bits per heavy atom. The van der Waals surface area contributed by atoms with Gasteiger partial charge in [-0.1, -0.05) is 17.7 Å². The minimum atomic E-state index is -0.646. The minimum Gasteiger partial charge on any atom is -0.506 e. The maximum Gasteiger partial charge on any atom is 0.277 e. The molecule has 1 aromatic rings. The van der Waals surface area contributed by atoms with E-state index in [0.717, 1.165) is 0 Å². The van der Waals surface area contributed by atoms with Crippen LogP contribution in [0.25, 0.3) is 0 Å². The van der Waals surface area contributed by atoms with Crippen LogP contribution in [-0.4, -0.2) is 10.0 Å². The summed E-state index contributed by atoms with van der Waals surface area (Å²) in [4.78, 5) is 10.3. The molecular formula is C11H13ClN2O3. The van der Waals surface area contributed by atoms with Gasteiger partial charge in [-0.15, -0.1) is 6.58 Å². The number of nitrogens with two attached hydrogens (primary N) is 1. The van der Waals surface area contributed by atoms with Gasteiger partial charge in [0.1, 0.15) is 5.75 Å². The van der Waals surface area contributed by atoms with Gasteiger partial charge in [0.15, 0.2) is 0 Å². The predicted molar refractivity (Wildman–Crippen MR) is 66.1 cm³/mol. The second-order valence-electron chi connectivity index (χ2n) is 3.56. The lowest BCUT2D eigenvalue weighted by Gasteiger charge is -2.13. The summed E-state index contributed by atoms with van der Waals surface area (Å²) in [7, 11) is 0. The molecule has 92 valence electrons. The molecule has 0 fully saturated rings. The highest BCUT2D eigenvalue weighted by molar-refractivity contribution is 6.32. The molecule has 0 amide bonds. The van der Waals surface area contributed by atoms with Crippen LogP contribution >= 0.6 is 11.6 Å². The van der Waals surface area contributed by atoms with Crippen molar-refractivity contribution in [3.05, 3.63) is 45.5 Å². The largest absolute Gasteiger partial charge is 0.506 e. The molecule has 0 heterocycles. The first-order valence-corrected chi connectivity index (χ1v) is 5.39. The molecule has 5 nitrogen and oxygen atoms in total. The van der Waals surface area contributed by atoms with Gasteiger partial charge in [0.2, 0.25) is 0 Å². The second kappa shape index (κ2) is 5.65. The molecule has 1 rings (SSSR count). The summed E-state index contributed by atoms with van der Waals surface area (Å²) < 4.78 is 0. The molecule has 0 saturated carbocycles. The third-order valence-electron chi connectivity index (χ3n) is 2.39. The highest BCUT2D eigenvalue weighted by atomic mass is 35.5. The van der Waals surface area contributed by atoms with Crippen molar-refractivity contribution in [2.45, 2.75) is 18.9 Å². The number of benzene rings is 1. The molecule has 0 aliphatic carbocycles. The molecule has 1 aromatic carbocycles. The highest BCUT2D eigenvalue weighted by Gasteiger charge is 2.24. The van der Waals surface area contributed by atoms with Gasteiger partial charge in [0.25, 0.3) is 5.69 Å². The summed E-state index contributed by atoms with van der Waals surface area (Å²) >= 11 is 5.72. The fraction of sp³-hybridized carbons (Fsp3) is 0.273. The molecule has 6 heteroatoms. The summed E-state index contributed by atoms with van der Waals surface area (Å²) in [6.45, 7) is 3.55. The number of nitrogens with zero attached hydrogens (tertiary/aromatic N) is 1. The molecule has 0 unspecified atom stereocenters. The molecule has 1 atom stereocenters. The van der Waals surface area contributed by atoms with E-state index in [1.165, 1.54) is 12.1 Å². The van der Waals surface area contributed by atoms with Crippen molar-refractivity contribution in [1.82, 2.24) is 0 Å². The number of allylic oxidation sites excluding steroid dienone is 1. The number of hydrogen-bond donors (Lipinski definition) is 2. The zero-order valence-corrected chi connectivity index (χ0v) is 9.85. The van der Waals surface area contributed by atoms with Crippen LogP contribution in [0.2, 0.25) is 5.02 Å². The Labute approximate surface area is 104 Å². The van der Waals surface area contributed by atoms with Crippen molar-refractivity contribution >= 4 is 17.3 Å². The SMILES string of the molecule is C=CCC[C@H](N)c1c([N+](=O)[O-])ccc(Cl)c1O. The molecule has 0 radical (unpaired) electrons. The van der Waals surface area contributed by atoms with Gasteiger partial charge in [0, 0.05) is 12.1 Å². The number of halogens is 1. The Hall–Kier alpha value is -1.59. The summed E-state index contributed by atoms with van der Waals surface area (Å²) in [5.74, 6) is -0.322. The first kappa shape index (κ1) is 13.5. The van der Waals surface area contributed by atoms with Crippen LogP contribution in [0.1, 0.15) is 24.4 Å². The highest BCUT2D eigenvalue weighted by Crippen LogP contribution is 2.38. The zero-order chi connectivity index (χ0) is 13.0. The fourth-order valence-electron chi connectivity index (χ4n) is 1.54. The van der Waals surface area contributed by atoms with E-state index in [1.807, 2.05) is 0 Å². The molecule has 3 N–H and O–H groups in total. The van der Waals surface area contributed by atoms with Gasteiger partial charge < -0.3 is 10.8 Å². The van der Waals surface area contributed by atoms with Crippen LogP contribution in [0.4, 0.5) is 5.69 Å². The molecule has 0 aromatic heterocycles. The first-order valence-electron chi connectivity index (χ1n) is 5.01. The standard InChI is InChI=1S/C11H13ClN2O3/c1-2-3-4-8(13)10-9(14(16)17)6-5-7(12)11(10)15/h2,5-6,8,15H,1,3-4,13H2/t8-/m0/s1. The Bertz CT molecular complexity index is 449. The Morgan fingerprint density at radius 1 is 1.65 bits per heavy atom. The second-order valence-corrected chi connectivity index (χ2v) is 3.97. The van der Waals surface area contributed by atoms with Crippen molar-refractivity contribution in [1.29, 1.82) is 0 Å². The van der Waals surface area contributed by atoms with Crippen LogP contribution in [0.15, 0.2) is 24.8 Å². The average molecular weight is 257 g/mol. The van der Waals surface area contributed by atoms with Gasteiger partial charge in [-0.25, -0.2) is 0 Å². The van der Waals surface area contributed by atoms with Crippen molar-refractivity contribution in [2.75, 3.05) is 0 Å². The minimum absolute atomic E-state index is 0.0552. The predicted octanol–water partition coefficient (Wildman–Crippen LogP) is 2.92. The van der Waals surface area contributed by atoms with E-state index in [-0.39, 0.29) is 22.0 Å². The quantitative estimate of drug-likeness (QED) is 0.481. The number of nitro benzene ring substituents is 1. The number of phenols is 1. The Balaban J connectivity index is 3.22. The summed E-state index contributed by atoms with van der Waals surface area (Å²) in [6.07, 6.45) is 2.72. The van der Waals surface area contributed by atoms with E-state index >= 15 is 0 Å². The maximum absolute atomic E-state index is 10.8. The number of phenolic OH excluding ortho intramolecular Hbond substituents is 1. The number of nitro groups is 1. The molecule has 0 aliphatic rings. The van der Waals surface area contributed by atoms with Gasteiger partial charge >= 0.3 is 0 Å². The third-order valence-corrected chi connectivity index (χ3v) is 2.70. The van der Waals surface area contributed by atoms with Crippen LogP contribution in [-0.2, 0) is 0 Å². The van der Waals surface area contributed by atoms with Crippen LogP contribution < -0.4 is 5.73 Å². The number of aromatic hydroxyl groups is 1. The van der Waals surface area contributed by atoms with Crippen molar-refractivity contribution in [3.63, 3.8) is 0 Å². The van der Waals surface area contributed by atoms with Crippen molar-refractivity contribution in [3.8, 4) is 5.75 Å². The van der Waals surface area contributed by atoms with Crippen LogP contribution in [0, 0.1) is 10.1 Å². The molecule has 0 saturated heterocycles. The van der Waals surface area contributed by atoms with Crippen LogP contribution in [0.3, 0.4) is 0 Å². The zero-order valence-electron chi connectivity index (χ0n) is 9.10.